The van der Waals surface area contributed by atoms with E-state index >= 15 is 0 Å². The number of hydrogen-bond donors (Lipinski definition) is 2. The van der Waals surface area contributed by atoms with Crippen LogP contribution in [-0.4, -0.2) is 43.9 Å². The average molecular weight is 490 g/mol. The van der Waals surface area contributed by atoms with E-state index in [-0.39, 0.29) is 12.4 Å². The zero-order valence-corrected chi connectivity index (χ0v) is 20.3. The fourth-order valence-corrected chi connectivity index (χ4v) is 5.27. The molecule has 0 spiro atoms. The molecule has 5 rings (SSSR count). The standard InChI is InChI=1S/C26H27N5O3S/c1-17-12-19(22-6-8-27-26(30-22)29-21-14-28-31(15-21)9-10-32)3-2-18(17)4-5-23(33)25-13-20-16-34-11-7-24(20)35-25/h2-3,6,8,12-15,32H,4-5,7,9-11,16H2,1H3,(H,27,29,30). The molecule has 0 fully saturated rings. The summed E-state index contributed by atoms with van der Waals surface area (Å²) in [5, 5.41) is 16.4. The van der Waals surface area contributed by atoms with Crippen LogP contribution in [0.2, 0.25) is 0 Å². The average Bonchev–Trinajstić information content (AvgIpc) is 3.50. The van der Waals surface area contributed by atoms with Crippen LogP contribution in [0, 0.1) is 6.92 Å². The van der Waals surface area contributed by atoms with Gasteiger partial charge in [0.25, 0.3) is 0 Å². The van der Waals surface area contributed by atoms with Crippen molar-refractivity contribution in [2.75, 3.05) is 18.5 Å². The predicted octanol–water partition coefficient (Wildman–Crippen LogP) is 4.33. The molecule has 0 amide bonds. The number of nitrogens with one attached hydrogen (secondary N) is 1. The van der Waals surface area contributed by atoms with Crippen molar-refractivity contribution >= 4 is 28.8 Å². The molecule has 0 unspecified atom stereocenters. The summed E-state index contributed by atoms with van der Waals surface area (Å²) in [5.74, 6) is 0.670. The maximum absolute atomic E-state index is 12.8. The molecule has 8 nitrogen and oxygen atoms in total. The Labute approximate surface area is 207 Å². The number of aliphatic hydroxyl groups is 1. The van der Waals surface area contributed by atoms with Gasteiger partial charge in [0.2, 0.25) is 5.95 Å². The van der Waals surface area contributed by atoms with E-state index in [1.807, 2.05) is 18.2 Å². The van der Waals surface area contributed by atoms with Gasteiger partial charge in [-0.2, -0.15) is 5.10 Å². The minimum absolute atomic E-state index is 0.0297. The quantitative estimate of drug-likeness (QED) is 0.337. The molecule has 0 aliphatic carbocycles. The first kappa shape index (κ1) is 23.3. The molecule has 0 radical (unpaired) electrons. The van der Waals surface area contributed by atoms with E-state index in [9.17, 15) is 4.79 Å². The van der Waals surface area contributed by atoms with Crippen LogP contribution in [-0.2, 0) is 30.7 Å². The van der Waals surface area contributed by atoms with E-state index in [1.54, 1.807) is 34.6 Å². The van der Waals surface area contributed by atoms with Crippen LogP contribution < -0.4 is 5.32 Å². The number of hydrogen-bond acceptors (Lipinski definition) is 8. The number of ether oxygens (including phenoxy) is 1. The Kier molecular flexibility index (Phi) is 6.98. The smallest absolute Gasteiger partial charge is 0.227 e. The Morgan fingerprint density at radius 2 is 2.20 bits per heavy atom. The number of carbonyl (C=O) groups is 1. The normalized spacial score (nSPS) is 13.0. The highest BCUT2D eigenvalue weighted by Gasteiger charge is 2.18. The Balaban J connectivity index is 1.24. The summed E-state index contributed by atoms with van der Waals surface area (Å²) in [6, 6.07) is 10.1. The van der Waals surface area contributed by atoms with Gasteiger partial charge < -0.3 is 15.2 Å². The number of aromatic nitrogens is 4. The Hall–Kier alpha value is -3.40. The minimum Gasteiger partial charge on any atom is -0.394 e. The van der Waals surface area contributed by atoms with Crippen molar-refractivity contribution in [3.05, 3.63) is 75.4 Å². The summed E-state index contributed by atoms with van der Waals surface area (Å²) in [6.45, 7) is 3.89. The molecule has 0 bridgehead atoms. The fourth-order valence-electron chi connectivity index (χ4n) is 4.15. The molecule has 1 aliphatic rings. The predicted molar refractivity (Wildman–Crippen MR) is 135 cm³/mol. The molecule has 3 aromatic heterocycles. The summed E-state index contributed by atoms with van der Waals surface area (Å²) in [7, 11) is 0. The van der Waals surface area contributed by atoms with Gasteiger partial charge in [0, 0.05) is 35.7 Å². The summed E-state index contributed by atoms with van der Waals surface area (Å²) < 4.78 is 7.15. The van der Waals surface area contributed by atoms with Crippen molar-refractivity contribution in [2.24, 2.45) is 0 Å². The van der Waals surface area contributed by atoms with Crippen LogP contribution in [0.3, 0.4) is 0 Å². The number of Topliss-reactive ketones (excluding diaryl/α,β-unsaturated/α-hetero) is 1. The number of carbonyl (C=O) groups excluding carboxylic acids is 1. The largest absolute Gasteiger partial charge is 0.394 e. The molecule has 180 valence electrons. The maximum Gasteiger partial charge on any atom is 0.227 e. The molecule has 1 aliphatic heterocycles. The molecule has 1 aromatic carbocycles. The van der Waals surface area contributed by atoms with Gasteiger partial charge in [-0.05, 0) is 48.2 Å². The lowest BCUT2D eigenvalue weighted by atomic mass is 9.98. The molecular weight excluding hydrogens is 462 g/mol. The number of aliphatic hydroxyl groups excluding tert-OH is 1. The summed E-state index contributed by atoms with van der Waals surface area (Å²) in [4.78, 5) is 23.9. The second-order valence-corrected chi connectivity index (χ2v) is 9.67. The van der Waals surface area contributed by atoms with Gasteiger partial charge in [0.15, 0.2) is 5.78 Å². The number of benzene rings is 1. The topological polar surface area (TPSA) is 102 Å². The highest BCUT2D eigenvalue weighted by atomic mass is 32.1. The van der Waals surface area contributed by atoms with E-state index in [1.165, 1.54) is 10.4 Å². The second kappa shape index (κ2) is 10.5. The zero-order chi connectivity index (χ0) is 24.2. The van der Waals surface area contributed by atoms with Gasteiger partial charge in [0.05, 0.1) is 48.8 Å². The zero-order valence-electron chi connectivity index (χ0n) is 19.5. The van der Waals surface area contributed by atoms with E-state index < -0.39 is 0 Å². The Bertz CT molecular complexity index is 1320. The van der Waals surface area contributed by atoms with E-state index in [0.29, 0.717) is 31.9 Å². The third-order valence-electron chi connectivity index (χ3n) is 6.04. The van der Waals surface area contributed by atoms with Gasteiger partial charge in [-0.25, -0.2) is 9.97 Å². The Morgan fingerprint density at radius 1 is 1.29 bits per heavy atom. The van der Waals surface area contributed by atoms with Crippen LogP contribution in [0.15, 0.2) is 48.9 Å². The van der Waals surface area contributed by atoms with Crippen molar-refractivity contribution in [3.63, 3.8) is 0 Å². The van der Waals surface area contributed by atoms with Crippen molar-refractivity contribution in [1.29, 1.82) is 0 Å². The summed E-state index contributed by atoms with van der Waals surface area (Å²) >= 11 is 1.62. The molecule has 0 saturated heterocycles. The fraction of sp³-hybridized carbons (Fsp3) is 0.308. The second-order valence-electron chi connectivity index (χ2n) is 8.53. The van der Waals surface area contributed by atoms with Crippen molar-refractivity contribution in [3.8, 4) is 11.3 Å². The monoisotopic (exact) mass is 489 g/mol. The summed E-state index contributed by atoms with van der Waals surface area (Å²) in [5.41, 5.74) is 6.02. The van der Waals surface area contributed by atoms with Gasteiger partial charge in [-0.1, -0.05) is 12.1 Å². The van der Waals surface area contributed by atoms with Crippen molar-refractivity contribution < 1.29 is 14.6 Å². The van der Waals surface area contributed by atoms with Gasteiger partial charge in [-0.3, -0.25) is 9.48 Å². The molecule has 4 heterocycles. The van der Waals surface area contributed by atoms with Gasteiger partial charge >= 0.3 is 0 Å². The number of aryl methyl sites for hydroxylation is 2. The lowest BCUT2D eigenvalue weighted by Gasteiger charge is -2.10. The SMILES string of the molecule is Cc1cc(-c2ccnc(Nc3cnn(CCO)c3)n2)ccc1CCC(=O)c1cc2c(s1)CCOC2. The van der Waals surface area contributed by atoms with Gasteiger partial charge in [0.1, 0.15) is 0 Å². The Morgan fingerprint density at radius 3 is 3.03 bits per heavy atom. The van der Waals surface area contributed by atoms with E-state index in [0.717, 1.165) is 46.0 Å². The lowest BCUT2D eigenvalue weighted by Crippen LogP contribution is -2.05. The number of rotatable bonds is 9. The van der Waals surface area contributed by atoms with Crippen LogP contribution in [0.4, 0.5) is 11.6 Å². The van der Waals surface area contributed by atoms with E-state index in [2.05, 4.69) is 39.4 Å². The molecule has 4 aromatic rings. The number of ketones is 1. The number of anilines is 2. The third kappa shape index (κ3) is 5.48. The van der Waals surface area contributed by atoms with Crippen molar-refractivity contribution in [2.45, 2.75) is 39.3 Å². The van der Waals surface area contributed by atoms with Crippen LogP contribution >= 0.6 is 11.3 Å². The third-order valence-corrected chi connectivity index (χ3v) is 7.31. The first-order valence-electron chi connectivity index (χ1n) is 11.6. The highest BCUT2D eigenvalue weighted by Crippen LogP contribution is 2.29. The van der Waals surface area contributed by atoms with E-state index in [4.69, 9.17) is 9.84 Å². The molecular formula is C26H27N5O3S. The highest BCUT2D eigenvalue weighted by molar-refractivity contribution is 7.14. The molecule has 35 heavy (non-hydrogen) atoms. The molecule has 2 N–H and O–H groups in total. The number of fused-ring (bicyclic) bond motifs is 1. The van der Waals surface area contributed by atoms with Crippen LogP contribution in [0.25, 0.3) is 11.3 Å². The molecule has 0 saturated carbocycles. The number of nitrogens with zero attached hydrogens (tertiary/aromatic N) is 4. The number of thiophene rings is 1. The lowest BCUT2D eigenvalue weighted by molar-refractivity contribution is 0.0986. The molecule has 9 heteroatoms. The first-order chi connectivity index (χ1) is 17.1. The maximum atomic E-state index is 12.8. The minimum atomic E-state index is 0.0297. The van der Waals surface area contributed by atoms with Crippen molar-refractivity contribution in [1.82, 2.24) is 19.7 Å². The molecule has 0 atom stereocenters. The van der Waals surface area contributed by atoms with Crippen LogP contribution in [0.1, 0.15) is 37.7 Å². The summed E-state index contributed by atoms with van der Waals surface area (Å²) in [6.07, 6.45) is 7.29. The van der Waals surface area contributed by atoms with Crippen LogP contribution in [0.5, 0.6) is 0 Å². The first-order valence-corrected chi connectivity index (χ1v) is 12.5. The van der Waals surface area contributed by atoms with Gasteiger partial charge in [-0.15, -0.1) is 11.3 Å².